The summed E-state index contributed by atoms with van der Waals surface area (Å²) in [5.41, 5.74) is 2.89. The molecular formula is C21H29N5O2. The van der Waals surface area contributed by atoms with Crippen LogP contribution in [0.15, 0.2) is 30.5 Å². The Morgan fingerprint density at radius 1 is 1.21 bits per heavy atom. The fourth-order valence-electron chi connectivity index (χ4n) is 4.23. The fraction of sp³-hybridized carbons (Fsp3) is 0.571. The van der Waals surface area contributed by atoms with Gasteiger partial charge in [0.05, 0.1) is 18.0 Å². The quantitative estimate of drug-likeness (QED) is 0.765. The number of piperidine rings is 1. The van der Waals surface area contributed by atoms with Crippen molar-refractivity contribution >= 4 is 5.91 Å². The standard InChI is InChI=1S/C21H29N5O2/c1-28-13-12-25-10-5-11-26-20(21(25)27)14-19(23-26)17-6-4-9-24(15-17)16-18-7-2-3-8-22-18/h2-3,7-8,14,17H,4-6,9-13,15-16H2,1H3. The zero-order valence-corrected chi connectivity index (χ0v) is 16.6. The Balaban J connectivity index is 1.46. The lowest BCUT2D eigenvalue weighted by Crippen LogP contribution is -2.34. The van der Waals surface area contributed by atoms with Crippen LogP contribution in [-0.4, -0.2) is 70.4 Å². The molecule has 0 radical (unpaired) electrons. The molecule has 2 aliphatic heterocycles. The van der Waals surface area contributed by atoms with Crippen molar-refractivity contribution in [2.24, 2.45) is 0 Å². The van der Waals surface area contributed by atoms with Crippen molar-refractivity contribution in [2.75, 3.05) is 39.9 Å². The van der Waals surface area contributed by atoms with Gasteiger partial charge in [0.2, 0.25) is 0 Å². The molecule has 4 heterocycles. The molecule has 0 saturated carbocycles. The lowest BCUT2D eigenvalue weighted by Gasteiger charge is -2.31. The molecule has 0 aliphatic carbocycles. The molecule has 7 nitrogen and oxygen atoms in total. The van der Waals surface area contributed by atoms with E-state index < -0.39 is 0 Å². The van der Waals surface area contributed by atoms with Crippen LogP contribution in [-0.2, 0) is 17.8 Å². The minimum atomic E-state index is 0.0782. The molecule has 28 heavy (non-hydrogen) atoms. The van der Waals surface area contributed by atoms with Crippen LogP contribution in [0.1, 0.15) is 47.1 Å². The molecule has 2 aliphatic rings. The highest BCUT2D eigenvalue weighted by molar-refractivity contribution is 5.93. The lowest BCUT2D eigenvalue weighted by molar-refractivity contribution is 0.0698. The number of nitrogens with zero attached hydrogens (tertiary/aromatic N) is 5. The number of aromatic nitrogens is 3. The number of hydrogen-bond acceptors (Lipinski definition) is 5. The van der Waals surface area contributed by atoms with Crippen LogP contribution >= 0.6 is 0 Å². The highest BCUT2D eigenvalue weighted by atomic mass is 16.5. The number of ether oxygens (including phenoxy) is 1. The molecule has 0 N–H and O–H groups in total. The van der Waals surface area contributed by atoms with Gasteiger partial charge in [-0.2, -0.15) is 5.10 Å². The van der Waals surface area contributed by atoms with Crippen LogP contribution in [0, 0.1) is 0 Å². The van der Waals surface area contributed by atoms with E-state index in [4.69, 9.17) is 9.84 Å². The normalized spacial score (nSPS) is 20.8. The summed E-state index contributed by atoms with van der Waals surface area (Å²) >= 11 is 0. The van der Waals surface area contributed by atoms with E-state index in [0.717, 1.165) is 69.1 Å². The van der Waals surface area contributed by atoms with E-state index in [1.54, 1.807) is 7.11 Å². The van der Waals surface area contributed by atoms with Crippen molar-refractivity contribution in [1.29, 1.82) is 0 Å². The molecule has 1 amide bonds. The summed E-state index contributed by atoms with van der Waals surface area (Å²) in [6, 6.07) is 8.10. The number of likely N-dealkylation sites (tertiary alicyclic amines) is 1. The van der Waals surface area contributed by atoms with Gasteiger partial charge >= 0.3 is 0 Å². The smallest absolute Gasteiger partial charge is 0.272 e. The molecule has 0 spiro atoms. The predicted octanol–water partition coefficient (Wildman–Crippen LogP) is 2.15. The molecule has 0 bridgehead atoms. The summed E-state index contributed by atoms with van der Waals surface area (Å²) in [5, 5.41) is 4.84. The van der Waals surface area contributed by atoms with Gasteiger partial charge in [-0.1, -0.05) is 6.07 Å². The van der Waals surface area contributed by atoms with E-state index in [9.17, 15) is 4.79 Å². The zero-order valence-electron chi connectivity index (χ0n) is 16.6. The SMILES string of the molecule is COCCN1CCCn2nc(C3CCCN(Cc4ccccn4)C3)cc2C1=O. The predicted molar refractivity (Wildman–Crippen MR) is 106 cm³/mol. The number of hydrogen-bond donors (Lipinski definition) is 0. The molecule has 7 heteroatoms. The Kier molecular flexibility index (Phi) is 6.02. The Hall–Kier alpha value is -2.25. The molecular weight excluding hydrogens is 354 g/mol. The second-order valence-electron chi connectivity index (χ2n) is 7.71. The molecule has 1 atom stereocenters. The number of pyridine rings is 1. The molecule has 1 saturated heterocycles. The van der Waals surface area contributed by atoms with Gasteiger partial charge in [-0.05, 0) is 44.0 Å². The Morgan fingerprint density at radius 2 is 2.14 bits per heavy atom. The average molecular weight is 383 g/mol. The van der Waals surface area contributed by atoms with E-state index in [1.165, 1.54) is 0 Å². The van der Waals surface area contributed by atoms with E-state index in [1.807, 2.05) is 34.0 Å². The number of carbonyl (C=O) groups excluding carboxylic acids is 1. The molecule has 2 aromatic heterocycles. The maximum absolute atomic E-state index is 12.9. The van der Waals surface area contributed by atoms with Crippen molar-refractivity contribution in [3.05, 3.63) is 47.5 Å². The summed E-state index contributed by atoms with van der Waals surface area (Å²) in [5.74, 6) is 0.451. The van der Waals surface area contributed by atoms with Crippen molar-refractivity contribution in [1.82, 2.24) is 24.6 Å². The van der Waals surface area contributed by atoms with E-state index >= 15 is 0 Å². The second kappa shape index (κ2) is 8.84. The minimum Gasteiger partial charge on any atom is -0.383 e. The number of methoxy groups -OCH3 is 1. The summed E-state index contributed by atoms with van der Waals surface area (Å²) in [6.07, 6.45) is 5.05. The summed E-state index contributed by atoms with van der Waals surface area (Å²) in [7, 11) is 1.67. The Bertz CT molecular complexity index is 791. The van der Waals surface area contributed by atoms with Gasteiger partial charge in [0.1, 0.15) is 5.69 Å². The Labute approximate surface area is 166 Å². The Morgan fingerprint density at radius 3 is 2.96 bits per heavy atom. The highest BCUT2D eigenvalue weighted by Crippen LogP contribution is 2.28. The van der Waals surface area contributed by atoms with Crippen LogP contribution in [0.4, 0.5) is 0 Å². The zero-order chi connectivity index (χ0) is 19.3. The minimum absolute atomic E-state index is 0.0782. The summed E-state index contributed by atoms with van der Waals surface area (Å²) in [4.78, 5) is 21.7. The van der Waals surface area contributed by atoms with Crippen LogP contribution in [0.5, 0.6) is 0 Å². The molecule has 1 fully saturated rings. The van der Waals surface area contributed by atoms with Crippen LogP contribution < -0.4 is 0 Å². The van der Waals surface area contributed by atoms with E-state index in [2.05, 4.69) is 16.0 Å². The van der Waals surface area contributed by atoms with Gasteiger partial charge in [0.25, 0.3) is 5.91 Å². The van der Waals surface area contributed by atoms with E-state index in [0.29, 0.717) is 19.1 Å². The largest absolute Gasteiger partial charge is 0.383 e. The average Bonchev–Trinajstić information content (AvgIpc) is 3.09. The second-order valence-corrected chi connectivity index (χ2v) is 7.71. The van der Waals surface area contributed by atoms with Crippen molar-refractivity contribution in [3.63, 3.8) is 0 Å². The topological polar surface area (TPSA) is 63.5 Å². The molecule has 2 aromatic rings. The van der Waals surface area contributed by atoms with Crippen LogP contribution in [0.25, 0.3) is 0 Å². The molecule has 150 valence electrons. The maximum Gasteiger partial charge on any atom is 0.272 e. The van der Waals surface area contributed by atoms with Crippen molar-refractivity contribution in [3.8, 4) is 0 Å². The van der Waals surface area contributed by atoms with Crippen molar-refractivity contribution in [2.45, 2.75) is 38.3 Å². The first-order valence-electron chi connectivity index (χ1n) is 10.2. The van der Waals surface area contributed by atoms with Crippen LogP contribution in [0.2, 0.25) is 0 Å². The molecule has 0 aromatic carbocycles. The first-order chi connectivity index (χ1) is 13.7. The van der Waals surface area contributed by atoms with Gasteiger partial charge < -0.3 is 9.64 Å². The van der Waals surface area contributed by atoms with Crippen molar-refractivity contribution < 1.29 is 9.53 Å². The lowest BCUT2D eigenvalue weighted by atomic mass is 9.94. The summed E-state index contributed by atoms with van der Waals surface area (Å²) in [6.45, 7) is 5.69. The third-order valence-corrected chi connectivity index (χ3v) is 5.70. The molecule has 4 rings (SSSR count). The first kappa shape index (κ1) is 19.1. The monoisotopic (exact) mass is 383 g/mol. The van der Waals surface area contributed by atoms with E-state index in [-0.39, 0.29) is 5.91 Å². The number of amides is 1. The third kappa shape index (κ3) is 4.25. The number of aryl methyl sites for hydroxylation is 1. The summed E-state index contributed by atoms with van der Waals surface area (Å²) < 4.78 is 7.07. The van der Waals surface area contributed by atoms with Gasteiger partial charge in [-0.15, -0.1) is 0 Å². The first-order valence-corrected chi connectivity index (χ1v) is 10.2. The number of carbonyl (C=O) groups is 1. The third-order valence-electron chi connectivity index (χ3n) is 5.70. The van der Waals surface area contributed by atoms with Gasteiger partial charge in [0, 0.05) is 51.9 Å². The highest BCUT2D eigenvalue weighted by Gasteiger charge is 2.29. The fourth-order valence-corrected chi connectivity index (χ4v) is 4.23. The van der Waals surface area contributed by atoms with Crippen LogP contribution in [0.3, 0.4) is 0 Å². The maximum atomic E-state index is 12.9. The van der Waals surface area contributed by atoms with Gasteiger partial charge in [-0.3, -0.25) is 19.4 Å². The molecule has 1 unspecified atom stereocenters. The number of fused-ring (bicyclic) bond motifs is 1. The number of rotatable bonds is 6. The van der Waals surface area contributed by atoms with Gasteiger partial charge in [0.15, 0.2) is 0 Å². The van der Waals surface area contributed by atoms with Gasteiger partial charge in [-0.25, -0.2) is 0 Å².